The lowest BCUT2D eigenvalue weighted by Crippen LogP contribution is -2.48. The Hall–Kier alpha value is -4.01. The average molecular weight is 554 g/mol. The van der Waals surface area contributed by atoms with Gasteiger partial charge >= 0.3 is 5.97 Å². The fourth-order valence-electron chi connectivity index (χ4n) is 2.84. The van der Waals surface area contributed by atoms with Gasteiger partial charge in [0, 0.05) is 17.0 Å². The maximum Gasteiger partial charge on any atom is 0.326 e. The van der Waals surface area contributed by atoms with Crippen molar-refractivity contribution in [2.75, 3.05) is 19.6 Å². The van der Waals surface area contributed by atoms with Crippen LogP contribution >= 0.6 is 11.6 Å². The van der Waals surface area contributed by atoms with Crippen LogP contribution in [-0.2, 0) is 35.6 Å². The lowest BCUT2D eigenvalue weighted by Gasteiger charge is -2.15. The highest BCUT2D eigenvalue weighted by molar-refractivity contribution is 7.89. The number of halogens is 1. The molecule has 4 amide bonds. The van der Waals surface area contributed by atoms with Crippen molar-refractivity contribution in [1.82, 2.24) is 21.3 Å². The van der Waals surface area contributed by atoms with Gasteiger partial charge in [-0.15, -0.1) is 0 Å². The van der Waals surface area contributed by atoms with E-state index in [2.05, 4.69) is 21.3 Å². The van der Waals surface area contributed by atoms with Gasteiger partial charge in [-0.05, 0) is 42.0 Å². The lowest BCUT2D eigenvalue weighted by molar-refractivity contribution is -0.141. The van der Waals surface area contributed by atoms with E-state index in [4.69, 9.17) is 16.7 Å². The molecule has 2 rings (SSSR count). The summed E-state index contributed by atoms with van der Waals surface area (Å²) in [6.45, 7) is -1.50. The molecule has 0 heterocycles. The highest BCUT2D eigenvalue weighted by Gasteiger charge is 2.21. The molecule has 0 aromatic heterocycles. The highest BCUT2D eigenvalue weighted by atomic mass is 35.5. The van der Waals surface area contributed by atoms with E-state index in [0.717, 1.165) is 12.1 Å². The number of sulfonamides is 1. The standard InChI is InChI=1S/C22H24ClN5O8S/c23-15-5-1-13(2-6-15)9-17(22(33)34)28-20(31)12-26-18(29)10-25-19(30)11-27-21(32)14-3-7-16(8-4-14)37(24,35)36/h1-8,17H,9-12H2,(H,25,30)(H,26,29)(H,27,32)(H,28,31)(H,33,34)(H2,24,35,36). The number of rotatable bonds is 12. The second kappa shape index (κ2) is 13.3. The van der Waals surface area contributed by atoms with E-state index in [1.165, 1.54) is 12.1 Å². The van der Waals surface area contributed by atoms with Crippen molar-refractivity contribution in [3.8, 4) is 0 Å². The molecular weight excluding hydrogens is 530 g/mol. The van der Waals surface area contributed by atoms with E-state index in [1.54, 1.807) is 24.3 Å². The second-order valence-corrected chi connectivity index (χ2v) is 9.59. The van der Waals surface area contributed by atoms with E-state index in [1.807, 2.05) is 0 Å². The molecule has 0 bridgehead atoms. The van der Waals surface area contributed by atoms with Gasteiger partial charge in [0.05, 0.1) is 24.5 Å². The van der Waals surface area contributed by atoms with Gasteiger partial charge in [0.25, 0.3) is 5.91 Å². The van der Waals surface area contributed by atoms with Crippen LogP contribution in [0.15, 0.2) is 53.4 Å². The Balaban J connectivity index is 1.71. The molecule has 198 valence electrons. The SMILES string of the molecule is NS(=O)(=O)c1ccc(C(=O)NCC(=O)NCC(=O)NCC(=O)NC(Cc2ccc(Cl)cc2)C(=O)O)cc1. The third kappa shape index (κ3) is 10.2. The zero-order chi connectivity index (χ0) is 27.6. The molecule has 0 aliphatic heterocycles. The van der Waals surface area contributed by atoms with E-state index in [0.29, 0.717) is 10.6 Å². The summed E-state index contributed by atoms with van der Waals surface area (Å²) in [7, 11) is -3.91. The minimum atomic E-state index is -3.91. The predicted molar refractivity (Wildman–Crippen MR) is 131 cm³/mol. The molecule has 0 aliphatic rings. The quantitative estimate of drug-likeness (QED) is 0.186. The normalized spacial score (nSPS) is 11.6. The molecule has 2 aromatic rings. The van der Waals surface area contributed by atoms with Gasteiger partial charge in [-0.3, -0.25) is 19.2 Å². The summed E-state index contributed by atoms with van der Waals surface area (Å²) in [6.07, 6.45) is 0.00420. The molecule has 37 heavy (non-hydrogen) atoms. The lowest BCUT2D eigenvalue weighted by atomic mass is 10.1. The molecule has 13 nitrogen and oxygen atoms in total. The van der Waals surface area contributed by atoms with Crippen LogP contribution in [0.1, 0.15) is 15.9 Å². The Bertz CT molecular complexity index is 1270. The second-order valence-electron chi connectivity index (χ2n) is 7.59. The number of benzene rings is 2. The number of primary sulfonamides is 1. The van der Waals surface area contributed by atoms with Gasteiger partial charge in [0.2, 0.25) is 27.7 Å². The van der Waals surface area contributed by atoms with Crippen molar-refractivity contribution in [2.45, 2.75) is 17.4 Å². The van der Waals surface area contributed by atoms with Crippen LogP contribution in [-0.4, -0.2) is 68.8 Å². The maximum absolute atomic E-state index is 12.0. The number of carbonyl (C=O) groups excluding carboxylic acids is 4. The Morgan fingerprint density at radius 1 is 0.811 bits per heavy atom. The van der Waals surface area contributed by atoms with Gasteiger partial charge in [-0.2, -0.15) is 0 Å². The van der Waals surface area contributed by atoms with E-state index in [-0.39, 0.29) is 16.9 Å². The topological polar surface area (TPSA) is 214 Å². The van der Waals surface area contributed by atoms with Gasteiger partial charge in [0.15, 0.2) is 0 Å². The summed E-state index contributed by atoms with van der Waals surface area (Å²) < 4.78 is 22.5. The van der Waals surface area contributed by atoms with Crippen LogP contribution in [0, 0.1) is 0 Å². The molecule has 0 spiro atoms. The van der Waals surface area contributed by atoms with Crippen LogP contribution in [0.25, 0.3) is 0 Å². The average Bonchev–Trinajstić information content (AvgIpc) is 2.85. The molecule has 0 radical (unpaired) electrons. The van der Waals surface area contributed by atoms with Crippen molar-refractivity contribution in [2.24, 2.45) is 5.14 Å². The minimum Gasteiger partial charge on any atom is -0.480 e. The summed E-state index contributed by atoms with van der Waals surface area (Å²) in [6, 6.07) is 9.92. The van der Waals surface area contributed by atoms with Crippen LogP contribution in [0.2, 0.25) is 5.02 Å². The molecular formula is C22H24ClN5O8S. The van der Waals surface area contributed by atoms with Gasteiger partial charge in [-0.25, -0.2) is 18.4 Å². The zero-order valence-electron chi connectivity index (χ0n) is 19.2. The number of nitrogens with one attached hydrogen (secondary N) is 4. The molecule has 7 N–H and O–H groups in total. The Labute approximate surface area is 216 Å². The van der Waals surface area contributed by atoms with Crippen molar-refractivity contribution in [3.05, 3.63) is 64.7 Å². The first-order valence-corrected chi connectivity index (χ1v) is 12.5. The predicted octanol–water partition coefficient (Wildman–Crippen LogP) is -1.24. The molecule has 0 saturated heterocycles. The fourth-order valence-corrected chi connectivity index (χ4v) is 3.48. The molecule has 1 atom stereocenters. The first kappa shape index (κ1) is 29.2. The van der Waals surface area contributed by atoms with E-state index >= 15 is 0 Å². The number of nitrogens with two attached hydrogens (primary N) is 1. The first-order chi connectivity index (χ1) is 17.3. The van der Waals surface area contributed by atoms with Crippen molar-refractivity contribution >= 4 is 51.2 Å². The Kier molecular flexibility index (Phi) is 10.5. The number of hydrogen-bond donors (Lipinski definition) is 6. The third-order valence-corrected chi connectivity index (χ3v) is 5.91. The summed E-state index contributed by atoms with van der Waals surface area (Å²) in [5.74, 6) is -4.10. The summed E-state index contributed by atoms with van der Waals surface area (Å²) in [5, 5.41) is 23.9. The van der Waals surface area contributed by atoms with Crippen molar-refractivity contribution in [3.63, 3.8) is 0 Å². The van der Waals surface area contributed by atoms with Gasteiger partial charge < -0.3 is 26.4 Å². The number of hydrogen-bond acceptors (Lipinski definition) is 7. The molecule has 1 unspecified atom stereocenters. The maximum atomic E-state index is 12.0. The van der Waals surface area contributed by atoms with Crippen LogP contribution in [0.3, 0.4) is 0 Å². The number of carboxylic acids is 1. The third-order valence-electron chi connectivity index (χ3n) is 4.73. The Morgan fingerprint density at radius 2 is 1.32 bits per heavy atom. The van der Waals surface area contributed by atoms with Crippen LogP contribution in [0.4, 0.5) is 0 Å². The monoisotopic (exact) mass is 553 g/mol. The van der Waals surface area contributed by atoms with E-state index in [9.17, 15) is 37.5 Å². The Morgan fingerprint density at radius 3 is 1.84 bits per heavy atom. The smallest absolute Gasteiger partial charge is 0.326 e. The van der Waals surface area contributed by atoms with Crippen LogP contribution < -0.4 is 26.4 Å². The summed E-state index contributed by atoms with van der Waals surface area (Å²) in [4.78, 5) is 59.1. The number of carbonyl (C=O) groups is 5. The van der Waals surface area contributed by atoms with Gasteiger partial charge in [-0.1, -0.05) is 23.7 Å². The fraction of sp³-hybridized carbons (Fsp3) is 0.227. The number of aliphatic carboxylic acids is 1. The zero-order valence-corrected chi connectivity index (χ0v) is 20.8. The van der Waals surface area contributed by atoms with Crippen LogP contribution in [0.5, 0.6) is 0 Å². The number of carboxylic acid groups (broad SMARTS) is 1. The first-order valence-electron chi connectivity index (χ1n) is 10.6. The molecule has 15 heteroatoms. The molecule has 0 aliphatic carbocycles. The largest absolute Gasteiger partial charge is 0.480 e. The van der Waals surface area contributed by atoms with Crippen molar-refractivity contribution in [1.29, 1.82) is 0 Å². The van der Waals surface area contributed by atoms with Crippen molar-refractivity contribution < 1.29 is 37.5 Å². The summed E-state index contributed by atoms with van der Waals surface area (Å²) >= 11 is 5.79. The highest BCUT2D eigenvalue weighted by Crippen LogP contribution is 2.11. The molecule has 0 saturated carbocycles. The minimum absolute atomic E-state index is 0.00420. The molecule has 2 aromatic carbocycles. The van der Waals surface area contributed by atoms with Gasteiger partial charge in [0.1, 0.15) is 6.04 Å². The molecule has 0 fully saturated rings. The number of amides is 4. The van der Waals surface area contributed by atoms with E-state index < -0.39 is 65.3 Å². The summed E-state index contributed by atoms with van der Waals surface area (Å²) in [5.41, 5.74) is 0.719.